The van der Waals surface area contributed by atoms with Gasteiger partial charge in [0, 0.05) is 29.1 Å². The summed E-state index contributed by atoms with van der Waals surface area (Å²) in [7, 11) is 1.93. The summed E-state index contributed by atoms with van der Waals surface area (Å²) in [5.41, 5.74) is 2.23. The average molecular weight is 334 g/mol. The van der Waals surface area contributed by atoms with Crippen LogP contribution in [-0.2, 0) is 0 Å². The summed E-state index contributed by atoms with van der Waals surface area (Å²) in [6, 6.07) is 7.81. The number of fused-ring (bicyclic) bond motifs is 1. The van der Waals surface area contributed by atoms with Crippen LogP contribution in [0.2, 0.25) is 5.02 Å². The summed E-state index contributed by atoms with van der Waals surface area (Å²) in [5, 5.41) is 10.9. The molecule has 0 saturated heterocycles. The van der Waals surface area contributed by atoms with Crippen molar-refractivity contribution in [3.63, 3.8) is 0 Å². The number of hydrogen-bond donors (Lipinski definition) is 1. The number of aromatic nitrogens is 2. The van der Waals surface area contributed by atoms with E-state index in [0.29, 0.717) is 6.54 Å². The second kappa shape index (κ2) is 6.20. The number of aliphatic hydroxyl groups is 1. The minimum Gasteiger partial charge on any atom is -0.395 e. The summed E-state index contributed by atoms with van der Waals surface area (Å²) in [5.74, 6) is 0.841. The van der Waals surface area contributed by atoms with Crippen LogP contribution in [0.3, 0.4) is 0 Å². The predicted octanol–water partition coefficient (Wildman–Crippen LogP) is 3.75. The molecule has 0 aliphatic carbocycles. The molecule has 0 aliphatic rings. The number of rotatable bonds is 4. The standard InChI is InChI=1S/C16H16ClN3OS/c1-10-13(11-3-5-12(17)6-4-11)14-15(20(2)7-8-21)18-9-19-16(14)22-10/h3-6,9,21H,7-8H2,1-2H3. The Hall–Kier alpha value is -1.69. The zero-order valence-corrected chi connectivity index (χ0v) is 13.9. The molecule has 0 atom stereocenters. The Labute approximate surface area is 138 Å². The number of nitrogens with zero attached hydrogens (tertiary/aromatic N) is 3. The van der Waals surface area contributed by atoms with E-state index in [2.05, 4.69) is 16.9 Å². The van der Waals surface area contributed by atoms with Gasteiger partial charge in [0.05, 0.1) is 12.0 Å². The molecular formula is C16H16ClN3OS. The van der Waals surface area contributed by atoms with E-state index in [1.165, 1.54) is 4.88 Å². The van der Waals surface area contributed by atoms with Crippen LogP contribution >= 0.6 is 22.9 Å². The fraction of sp³-hybridized carbons (Fsp3) is 0.250. The molecule has 0 radical (unpaired) electrons. The Morgan fingerprint density at radius 3 is 2.64 bits per heavy atom. The first kappa shape index (κ1) is 15.2. The zero-order chi connectivity index (χ0) is 15.7. The van der Waals surface area contributed by atoms with Crippen molar-refractivity contribution in [2.45, 2.75) is 6.92 Å². The van der Waals surface area contributed by atoms with Crippen LogP contribution in [0, 0.1) is 6.92 Å². The number of aliphatic hydroxyl groups excluding tert-OH is 1. The fourth-order valence-electron chi connectivity index (χ4n) is 2.54. The Balaban J connectivity index is 2.25. The molecule has 22 heavy (non-hydrogen) atoms. The Kier molecular flexibility index (Phi) is 4.29. The highest BCUT2D eigenvalue weighted by molar-refractivity contribution is 7.19. The van der Waals surface area contributed by atoms with Gasteiger partial charge < -0.3 is 10.0 Å². The van der Waals surface area contributed by atoms with Crippen LogP contribution in [0.1, 0.15) is 4.88 Å². The first-order chi connectivity index (χ1) is 10.6. The number of thiophene rings is 1. The van der Waals surface area contributed by atoms with Gasteiger partial charge in [-0.1, -0.05) is 23.7 Å². The first-order valence-corrected chi connectivity index (χ1v) is 8.13. The lowest BCUT2D eigenvalue weighted by molar-refractivity contribution is 0.304. The summed E-state index contributed by atoms with van der Waals surface area (Å²) in [4.78, 5) is 12.9. The fourth-order valence-corrected chi connectivity index (χ4v) is 3.67. The van der Waals surface area contributed by atoms with Crippen LogP contribution in [0.5, 0.6) is 0 Å². The smallest absolute Gasteiger partial charge is 0.141 e. The van der Waals surface area contributed by atoms with E-state index in [1.54, 1.807) is 17.7 Å². The quantitative estimate of drug-likeness (QED) is 0.790. The summed E-state index contributed by atoms with van der Waals surface area (Å²) in [6.07, 6.45) is 1.58. The van der Waals surface area contributed by atoms with E-state index in [1.807, 2.05) is 36.2 Å². The van der Waals surface area contributed by atoms with Gasteiger partial charge in [-0.2, -0.15) is 0 Å². The Morgan fingerprint density at radius 1 is 1.23 bits per heavy atom. The van der Waals surface area contributed by atoms with Crippen molar-refractivity contribution in [1.82, 2.24) is 9.97 Å². The van der Waals surface area contributed by atoms with Crippen molar-refractivity contribution < 1.29 is 5.11 Å². The second-order valence-corrected chi connectivity index (χ2v) is 6.70. The third-order valence-electron chi connectivity index (χ3n) is 3.57. The second-order valence-electron chi connectivity index (χ2n) is 5.06. The molecular weight excluding hydrogens is 318 g/mol. The third-order valence-corrected chi connectivity index (χ3v) is 4.84. The van der Waals surface area contributed by atoms with Gasteiger partial charge in [0.2, 0.25) is 0 Å². The number of anilines is 1. The van der Waals surface area contributed by atoms with Crippen molar-refractivity contribution in [1.29, 1.82) is 0 Å². The lowest BCUT2D eigenvalue weighted by Crippen LogP contribution is -2.22. The predicted molar refractivity (Wildman–Crippen MR) is 93.0 cm³/mol. The molecule has 1 N–H and O–H groups in total. The Bertz CT molecular complexity index is 801. The van der Waals surface area contributed by atoms with Crippen LogP contribution in [0.25, 0.3) is 21.3 Å². The third kappa shape index (κ3) is 2.67. The number of likely N-dealkylation sites (N-methyl/N-ethyl adjacent to an activating group) is 1. The number of benzene rings is 1. The molecule has 0 aliphatic heterocycles. The van der Waals surface area contributed by atoms with Crippen molar-refractivity contribution in [3.05, 3.63) is 40.5 Å². The molecule has 3 aromatic rings. The van der Waals surface area contributed by atoms with Crippen molar-refractivity contribution in [3.8, 4) is 11.1 Å². The van der Waals surface area contributed by atoms with Gasteiger partial charge in [0.15, 0.2) is 0 Å². The molecule has 0 saturated carbocycles. The number of aryl methyl sites for hydroxylation is 1. The topological polar surface area (TPSA) is 49.2 Å². The van der Waals surface area contributed by atoms with Crippen molar-refractivity contribution >= 4 is 39.0 Å². The lowest BCUT2D eigenvalue weighted by atomic mass is 10.0. The van der Waals surface area contributed by atoms with Crippen LogP contribution < -0.4 is 4.90 Å². The van der Waals surface area contributed by atoms with E-state index >= 15 is 0 Å². The molecule has 4 nitrogen and oxygen atoms in total. The maximum atomic E-state index is 9.20. The molecule has 3 rings (SSSR count). The number of halogens is 1. The largest absolute Gasteiger partial charge is 0.395 e. The van der Waals surface area contributed by atoms with Crippen molar-refractivity contribution in [2.24, 2.45) is 0 Å². The van der Waals surface area contributed by atoms with Gasteiger partial charge in [-0.25, -0.2) is 9.97 Å². The zero-order valence-electron chi connectivity index (χ0n) is 12.4. The van der Waals surface area contributed by atoms with Gasteiger partial charge in [-0.3, -0.25) is 0 Å². The van der Waals surface area contributed by atoms with Gasteiger partial charge in [0.25, 0.3) is 0 Å². The highest BCUT2D eigenvalue weighted by atomic mass is 35.5. The molecule has 1 aromatic carbocycles. The summed E-state index contributed by atoms with van der Waals surface area (Å²) >= 11 is 7.65. The van der Waals surface area contributed by atoms with Crippen LogP contribution in [0.4, 0.5) is 5.82 Å². The highest BCUT2D eigenvalue weighted by Crippen LogP contribution is 2.41. The lowest BCUT2D eigenvalue weighted by Gasteiger charge is -2.18. The molecule has 0 fully saturated rings. The maximum absolute atomic E-state index is 9.20. The van der Waals surface area contributed by atoms with E-state index < -0.39 is 0 Å². The minimum absolute atomic E-state index is 0.0847. The van der Waals surface area contributed by atoms with Gasteiger partial charge >= 0.3 is 0 Å². The molecule has 0 spiro atoms. The van der Waals surface area contributed by atoms with E-state index in [4.69, 9.17) is 11.6 Å². The normalized spacial score (nSPS) is 11.1. The minimum atomic E-state index is 0.0847. The van der Waals surface area contributed by atoms with Gasteiger partial charge in [-0.15, -0.1) is 11.3 Å². The summed E-state index contributed by atoms with van der Waals surface area (Å²) in [6.45, 7) is 2.70. The SMILES string of the molecule is Cc1sc2ncnc(N(C)CCO)c2c1-c1ccc(Cl)cc1. The molecule has 0 amide bonds. The van der Waals surface area contributed by atoms with Gasteiger partial charge in [0.1, 0.15) is 17.0 Å². The van der Waals surface area contributed by atoms with Crippen LogP contribution in [0.15, 0.2) is 30.6 Å². The number of hydrogen-bond acceptors (Lipinski definition) is 5. The molecule has 0 bridgehead atoms. The molecule has 2 heterocycles. The van der Waals surface area contributed by atoms with E-state index in [-0.39, 0.29) is 6.61 Å². The first-order valence-electron chi connectivity index (χ1n) is 6.94. The molecule has 6 heteroatoms. The van der Waals surface area contributed by atoms with E-state index in [0.717, 1.165) is 32.2 Å². The molecule has 0 unspecified atom stereocenters. The summed E-state index contributed by atoms with van der Waals surface area (Å²) < 4.78 is 0. The molecule has 114 valence electrons. The highest BCUT2D eigenvalue weighted by Gasteiger charge is 2.18. The molecule has 2 aromatic heterocycles. The van der Waals surface area contributed by atoms with Crippen molar-refractivity contribution in [2.75, 3.05) is 25.1 Å². The maximum Gasteiger partial charge on any atom is 0.141 e. The average Bonchev–Trinajstić information content (AvgIpc) is 2.84. The Morgan fingerprint density at radius 2 is 1.95 bits per heavy atom. The monoisotopic (exact) mass is 333 g/mol. The van der Waals surface area contributed by atoms with Crippen LogP contribution in [-0.4, -0.2) is 35.3 Å². The van der Waals surface area contributed by atoms with Gasteiger partial charge in [-0.05, 0) is 24.6 Å². The van der Waals surface area contributed by atoms with E-state index in [9.17, 15) is 5.11 Å².